The number of anilines is 3. The molecule has 3 aromatic rings. The highest BCUT2D eigenvalue weighted by Crippen LogP contribution is 2.35. The molecule has 0 aromatic heterocycles. The average molecular weight is 612 g/mol. The van der Waals surface area contributed by atoms with Crippen LogP contribution in [0.2, 0.25) is 0 Å². The molecule has 0 unspecified atom stereocenters. The number of ether oxygens (including phenoxy) is 2. The standard InChI is InChI=1S/C30H37N5O7S/c1-19(2)43(39,40)27-13-10-22(33-30(38)34(3)4)14-21(27)17-32-28(36)18-35(23-9-7-8-20(15-23)29(31)37)24-11-12-25(41-5)26(16-24)42-6/h7-16,19H,17-18H2,1-6H3,(H2,31,37)(H,32,36)(H,33,38). The SMILES string of the molecule is COc1ccc(N(CC(=O)NCc2cc(NC(=O)N(C)C)ccc2S(=O)(=O)C(C)C)c2cccc(C(N)=O)c2)cc1OC. The zero-order valence-electron chi connectivity index (χ0n) is 25.0. The molecule has 12 nitrogen and oxygen atoms in total. The number of carbonyl (C=O) groups excluding carboxylic acids is 3. The number of urea groups is 1. The summed E-state index contributed by atoms with van der Waals surface area (Å²) in [5.74, 6) is -0.160. The zero-order chi connectivity index (χ0) is 31.9. The third-order valence-corrected chi connectivity index (χ3v) is 8.80. The predicted molar refractivity (Wildman–Crippen MR) is 165 cm³/mol. The van der Waals surface area contributed by atoms with Gasteiger partial charge in [-0.15, -0.1) is 0 Å². The fourth-order valence-corrected chi connectivity index (χ4v) is 5.37. The quantitative estimate of drug-likeness (QED) is 0.280. The summed E-state index contributed by atoms with van der Waals surface area (Å²) in [7, 11) is 2.45. The first-order chi connectivity index (χ1) is 20.3. The van der Waals surface area contributed by atoms with E-state index in [4.69, 9.17) is 15.2 Å². The molecule has 0 aliphatic carbocycles. The Morgan fingerprint density at radius 3 is 2.19 bits per heavy atom. The van der Waals surface area contributed by atoms with Gasteiger partial charge in [-0.1, -0.05) is 6.07 Å². The van der Waals surface area contributed by atoms with E-state index in [9.17, 15) is 22.8 Å². The molecule has 0 radical (unpaired) electrons. The topological polar surface area (TPSA) is 160 Å². The molecule has 230 valence electrons. The van der Waals surface area contributed by atoms with E-state index in [1.54, 1.807) is 75.3 Å². The number of hydrogen-bond acceptors (Lipinski definition) is 8. The van der Waals surface area contributed by atoms with Gasteiger partial charge in [-0.05, 0) is 67.9 Å². The smallest absolute Gasteiger partial charge is 0.321 e. The van der Waals surface area contributed by atoms with Crippen LogP contribution in [0, 0.1) is 0 Å². The fourth-order valence-electron chi connectivity index (χ4n) is 4.11. The van der Waals surface area contributed by atoms with Crippen LogP contribution in [0.25, 0.3) is 0 Å². The molecule has 4 amide bonds. The lowest BCUT2D eigenvalue weighted by Gasteiger charge is -2.26. The Labute approximate surface area is 251 Å². The van der Waals surface area contributed by atoms with E-state index in [1.165, 1.54) is 37.3 Å². The number of nitrogens with one attached hydrogen (secondary N) is 2. The zero-order valence-corrected chi connectivity index (χ0v) is 25.8. The Morgan fingerprint density at radius 1 is 0.907 bits per heavy atom. The van der Waals surface area contributed by atoms with Crippen molar-refractivity contribution in [2.75, 3.05) is 45.1 Å². The predicted octanol–water partition coefficient (Wildman–Crippen LogP) is 3.53. The summed E-state index contributed by atoms with van der Waals surface area (Å²) < 4.78 is 37.0. The summed E-state index contributed by atoms with van der Waals surface area (Å²) in [4.78, 5) is 40.5. The van der Waals surface area contributed by atoms with Gasteiger partial charge in [0.1, 0.15) is 6.54 Å². The maximum atomic E-state index is 13.4. The Balaban J connectivity index is 1.96. The van der Waals surface area contributed by atoms with Crippen molar-refractivity contribution in [2.24, 2.45) is 5.73 Å². The van der Waals surface area contributed by atoms with E-state index in [-0.39, 0.29) is 23.5 Å². The average Bonchev–Trinajstić information content (AvgIpc) is 2.98. The van der Waals surface area contributed by atoms with Gasteiger partial charge in [0, 0.05) is 49.3 Å². The minimum Gasteiger partial charge on any atom is -0.493 e. The van der Waals surface area contributed by atoms with Crippen LogP contribution in [-0.2, 0) is 21.2 Å². The molecule has 43 heavy (non-hydrogen) atoms. The number of hydrogen-bond donors (Lipinski definition) is 3. The number of nitrogens with two attached hydrogens (primary N) is 1. The summed E-state index contributed by atoms with van der Waals surface area (Å²) in [5, 5.41) is 4.79. The van der Waals surface area contributed by atoms with Crippen LogP contribution in [0.1, 0.15) is 29.8 Å². The summed E-state index contributed by atoms with van der Waals surface area (Å²) in [5.41, 5.74) is 7.51. The lowest BCUT2D eigenvalue weighted by atomic mass is 10.1. The van der Waals surface area contributed by atoms with Gasteiger partial charge in [-0.25, -0.2) is 13.2 Å². The minimum absolute atomic E-state index is 0.0524. The second kappa shape index (κ2) is 13.9. The van der Waals surface area contributed by atoms with Crippen LogP contribution >= 0.6 is 0 Å². The van der Waals surface area contributed by atoms with Gasteiger partial charge < -0.3 is 35.6 Å². The second-order valence-corrected chi connectivity index (χ2v) is 12.5. The van der Waals surface area contributed by atoms with Crippen molar-refractivity contribution in [2.45, 2.75) is 30.5 Å². The van der Waals surface area contributed by atoms with Gasteiger partial charge >= 0.3 is 6.03 Å². The Morgan fingerprint density at radius 2 is 1.58 bits per heavy atom. The van der Waals surface area contributed by atoms with Crippen LogP contribution < -0.4 is 30.7 Å². The van der Waals surface area contributed by atoms with Gasteiger partial charge in [0.15, 0.2) is 21.3 Å². The van der Waals surface area contributed by atoms with Crippen LogP contribution in [0.15, 0.2) is 65.6 Å². The van der Waals surface area contributed by atoms with Crippen molar-refractivity contribution in [3.05, 3.63) is 71.8 Å². The molecule has 0 spiro atoms. The summed E-state index contributed by atoms with van der Waals surface area (Å²) in [6.07, 6.45) is 0. The number of rotatable bonds is 12. The largest absolute Gasteiger partial charge is 0.493 e. The molecular weight excluding hydrogens is 574 g/mol. The molecule has 0 heterocycles. The number of sulfone groups is 1. The van der Waals surface area contributed by atoms with Crippen molar-refractivity contribution in [3.8, 4) is 11.5 Å². The Bertz CT molecular complexity index is 1610. The van der Waals surface area contributed by atoms with Crippen LogP contribution in [0.5, 0.6) is 11.5 Å². The van der Waals surface area contributed by atoms with E-state index in [0.29, 0.717) is 34.1 Å². The van der Waals surface area contributed by atoms with E-state index in [0.717, 1.165) is 0 Å². The highest BCUT2D eigenvalue weighted by atomic mass is 32.2. The molecule has 0 saturated carbocycles. The van der Waals surface area contributed by atoms with Crippen LogP contribution in [0.3, 0.4) is 0 Å². The number of carbonyl (C=O) groups is 3. The van der Waals surface area contributed by atoms with Gasteiger partial charge in [-0.2, -0.15) is 0 Å². The summed E-state index contributed by atoms with van der Waals surface area (Å²) >= 11 is 0. The highest BCUT2D eigenvalue weighted by molar-refractivity contribution is 7.92. The number of benzene rings is 3. The normalized spacial score (nSPS) is 11.0. The lowest BCUT2D eigenvalue weighted by Crippen LogP contribution is -2.35. The number of amides is 4. The van der Waals surface area contributed by atoms with Crippen LogP contribution in [-0.4, -0.2) is 71.3 Å². The molecular formula is C30H37N5O7S. The van der Waals surface area contributed by atoms with Crippen molar-refractivity contribution in [1.82, 2.24) is 10.2 Å². The van der Waals surface area contributed by atoms with Gasteiger partial charge in [-0.3, -0.25) is 9.59 Å². The summed E-state index contributed by atoms with van der Waals surface area (Å²) in [6.45, 7) is 2.80. The summed E-state index contributed by atoms with van der Waals surface area (Å²) in [6, 6.07) is 15.7. The molecule has 13 heteroatoms. The lowest BCUT2D eigenvalue weighted by molar-refractivity contribution is -0.119. The van der Waals surface area contributed by atoms with E-state index in [2.05, 4.69) is 10.6 Å². The highest BCUT2D eigenvalue weighted by Gasteiger charge is 2.24. The molecule has 0 bridgehead atoms. The molecule has 3 rings (SSSR count). The molecule has 0 aliphatic rings. The van der Waals surface area contributed by atoms with E-state index >= 15 is 0 Å². The van der Waals surface area contributed by atoms with Gasteiger partial charge in [0.05, 0.1) is 24.4 Å². The van der Waals surface area contributed by atoms with E-state index < -0.39 is 32.9 Å². The third kappa shape index (κ3) is 7.95. The minimum atomic E-state index is -3.71. The fraction of sp³-hybridized carbons (Fsp3) is 0.300. The first kappa shape index (κ1) is 32.7. The third-order valence-electron chi connectivity index (χ3n) is 6.54. The van der Waals surface area contributed by atoms with Gasteiger partial charge in [0.2, 0.25) is 11.8 Å². The van der Waals surface area contributed by atoms with Crippen molar-refractivity contribution in [1.29, 1.82) is 0 Å². The second-order valence-electron chi connectivity index (χ2n) is 10.1. The Kier molecular flexibility index (Phi) is 10.6. The molecule has 0 atom stereocenters. The number of nitrogens with zero attached hydrogens (tertiary/aromatic N) is 2. The van der Waals surface area contributed by atoms with Crippen LogP contribution in [0.4, 0.5) is 21.9 Å². The van der Waals surface area contributed by atoms with Gasteiger partial charge in [0.25, 0.3) is 0 Å². The number of methoxy groups -OCH3 is 2. The van der Waals surface area contributed by atoms with Crippen molar-refractivity contribution >= 4 is 44.7 Å². The maximum Gasteiger partial charge on any atom is 0.321 e. The molecule has 3 aromatic carbocycles. The molecule has 0 fully saturated rings. The monoisotopic (exact) mass is 611 g/mol. The molecule has 4 N–H and O–H groups in total. The molecule has 0 saturated heterocycles. The number of primary amides is 1. The Hall–Kier alpha value is -4.78. The van der Waals surface area contributed by atoms with E-state index in [1.807, 2.05) is 0 Å². The maximum absolute atomic E-state index is 13.4. The van der Waals surface area contributed by atoms with Crippen molar-refractivity contribution in [3.63, 3.8) is 0 Å². The first-order valence-corrected chi connectivity index (χ1v) is 14.8. The first-order valence-electron chi connectivity index (χ1n) is 13.3. The van der Waals surface area contributed by atoms with Crippen molar-refractivity contribution < 1.29 is 32.3 Å². The molecule has 0 aliphatic heterocycles.